The van der Waals surface area contributed by atoms with Crippen molar-refractivity contribution in [2.24, 2.45) is 0 Å². The van der Waals surface area contributed by atoms with E-state index in [1.165, 1.54) is 21.6 Å². The van der Waals surface area contributed by atoms with Crippen molar-refractivity contribution >= 4 is 23.1 Å². The fourth-order valence-corrected chi connectivity index (χ4v) is 4.11. The number of aryl methyl sites for hydroxylation is 3. The van der Waals surface area contributed by atoms with Crippen LogP contribution in [-0.4, -0.2) is 22.4 Å². The summed E-state index contributed by atoms with van der Waals surface area (Å²) in [6.07, 6.45) is 5.12. The highest BCUT2D eigenvalue weighted by molar-refractivity contribution is 7.12. The van der Waals surface area contributed by atoms with Gasteiger partial charge in [-0.15, -0.1) is 11.3 Å². The molecule has 0 aliphatic carbocycles. The Morgan fingerprint density at radius 3 is 3.00 bits per heavy atom. The summed E-state index contributed by atoms with van der Waals surface area (Å²) in [5.74, 6) is 0.612. The summed E-state index contributed by atoms with van der Waals surface area (Å²) < 4.78 is 0. The van der Waals surface area contributed by atoms with Crippen LogP contribution in [0.1, 0.15) is 40.1 Å². The summed E-state index contributed by atoms with van der Waals surface area (Å²) in [6, 6.07) is 2.21. The van der Waals surface area contributed by atoms with Gasteiger partial charge in [0.2, 0.25) is 5.91 Å². The Bertz CT molecular complexity index is 778. The second kappa shape index (κ2) is 6.66. The number of aromatic nitrogens is 2. The number of carbonyl (C=O) groups is 1. The van der Waals surface area contributed by atoms with Crippen LogP contribution in [0.15, 0.2) is 17.2 Å². The van der Waals surface area contributed by atoms with Gasteiger partial charge in [0, 0.05) is 22.7 Å². The standard InChI is InChI=1S/C17H21N3O2S/c1-11-9-13(12(2)23-11)5-3-7-15(21)20-8-4-6-14-16(20)18-10-19-17(14)22/h9-10H,3-8H2,1-2H3,(H,18,19,22). The molecule has 2 aromatic heterocycles. The van der Waals surface area contributed by atoms with Crippen LogP contribution in [0.2, 0.25) is 0 Å². The molecule has 2 aromatic rings. The van der Waals surface area contributed by atoms with E-state index in [-0.39, 0.29) is 11.5 Å². The SMILES string of the molecule is Cc1cc(CCCC(=O)N2CCCc3c2nc[nH]c3=O)c(C)s1. The van der Waals surface area contributed by atoms with Gasteiger partial charge >= 0.3 is 0 Å². The first-order chi connectivity index (χ1) is 11.1. The Labute approximate surface area is 139 Å². The highest BCUT2D eigenvalue weighted by atomic mass is 32.1. The van der Waals surface area contributed by atoms with Gasteiger partial charge in [0.05, 0.1) is 11.9 Å². The number of rotatable bonds is 4. The van der Waals surface area contributed by atoms with E-state index in [1.807, 2.05) is 0 Å². The molecule has 3 rings (SSSR count). The zero-order chi connectivity index (χ0) is 16.4. The zero-order valence-electron chi connectivity index (χ0n) is 13.5. The van der Waals surface area contributed by atoms with Crippen molar-refractivity contribution in [3.8, 4) is 0 Å². The van der Waals surface area contributed by atoms with Crippen molar-refractivity contribution in [3.63, 3.8) is 0 Å². The second-order valence-corrected chi connectivity index (χ2v) is 7.44. The lowest BCUT2D eigenvalue weighted by atomic mass is 10.1. The highest BCUT2D eigenvalue weighted by Gasteiger charge is 2.25. The van der Waals surface area contributed by atoms with Crippen LogP contribution in [0, 0.1) is 13.8 Å². The first-order valence-electron chi connectivity index (χ1n) is 7.99. The molecule has 0 aromatic carbocycles. The third-order valence-electron chi connectivity index (χ3n) is 4.27. The lowest BCUT2D eigenvalue weighted by Crippen LogP contribution is -2.38. The normalized spacial score (nSPS) is 13.9. The number of nitrogens with zero attached hydrogens (tertiary/aromatic N) is 2. The first-order valence-corrected chi connectivity index (χ1v) is 8.80. The molecule has 6 heteroatoms. The van der Waals surface area contributed by atoms with Crippen molar-refractivity contribution in [2.75, 3.05) is 11.4 Å². The Balaban J connectivity index is 1.65. The first kappa shape index (κ1) is 15.9. The predicted molar refractivity (Wildman–Crippen MR) is 92.3 cm³/mol. The molecule has 1 aliphatic heterocycles. The summed E-state index contributed by atoms with van der Waals surface area (Å²) in [5, 5.41) is 0. The van der Waals surface area contributed by atoms with Crippen LogP contribution < -0.4 is 10.5 Å². The summed E-state index contributed by atoms with van der Waals surface area (Å²) in [5.41, 5.74) is 1.85. The van der Waals surface area contributed by atoms with Gasteiger partial charge in [-0.2, -0.15) is 0 Å². The molecule has 3 heterocycles. The maximum absolute atomic E-state index is 12.5. The minimum absolute atomic E-state index is 0.0636. The molecule has 1 N–H and O–H groups in total. The van der Waals surface area contributed by atoms with Gasteiger partial charge in [0.15, 0.2) is 0 Å². The molecule has 0 unspecified atom stereocenters. The number of carbonyl (C=O) groups excluding carboxylic acids is 1. The molecule has 122 valence electrons. The van der Waals surface area contributed by atoms with Crippen LogP contribution in [0.5, 0.6) is 0 Å². The number of aromatic amines is 1. The second-order valence-electron chi connectivity index (χ2n) is 5.97. The molecule has 0 radical (unpaired) electrons. The van der Waals surface area contributed by atoms with Crippen LogP contribution in [0.3, 0.4) is 0 Å². The van der Waals surface area contributed by atoms with Crippen molar-refractivity contribution in [1.29, 1.82) is 0 Å². The van der Waals surface area contributed by atoms with E-state index in [1.54, 1.807) is 16.2 Å². The minimum Gasteiger partial charge on any atom is -0.313 e. The number of hydrogen-bond donors (Lipinski definition) is 1. The number of thiophene rings is 1. The van der Waals surface area contributed by atoms with E-state index in [4.69, 9.17) is 0 Å². The minimum atomic E-state index is -0.128. The molecule has 1 aliphatic rings. The predicted octanol–water partition coefficient (Wildman–Crippen LogP) is 2.75. The molecule has 0 saturated heterocycles. The van der Waals surface area contributed by atoms with Crippen molar-refractivity contribution in [3.05, 3.63) is 43.6 Å². The Kier molecular flexibility index (Phi) is 4.61. The Morgan fingerprint density at radius 1 is 1.43 bits per heavy atom. The summed E-state index contributed by atoms with van der Waals surface area (Å²) in [4.78, 5) is 35.5. The van der Waals surface area contributed by atoms with Crippen LogP contribution in [-0.2, 0) is 17.6 Å². The van der Waals surface area contributed by atoms with Gasteiger partial charge in [-0.05, 0) is 51.2 Å². The summed E-state index contributed by atoms with van der Waals surface area (Å²) in [6.45, 7) is 4.89. The average Bonchev–Trinajstić information content (AvgIpc) is 2.85. The summed E-state index contributed by atoms with van der Waals surface area (Å²) >= 11 is 1.80. The van der Waals surface area contributed by atoms with Gasteiger partial charge in [-0.1, -0.05) is 0 Å². The molecule has 0 atom stereocenters. The average molecular weight is 331 g/mol. The smallest absolute Gasteiger partial charge is 0.256 e. The molecule has 0 bridgehead atoms. The quantitative estimate of drug-likeness (QED) is 0.937. The molecular formula is C17H21N3O2S. The number of H-pyrrole nitrogens is 1. The Morgan fingerprint density at radius 2 is 2.26 bits per heavy atom. The van der Waals surface area contributed by atoms with Crippen LogP contribution in [0.25, 0.3) is 0 Å². The maximum atomic E-state index is 12.5. The number of fused-ring (bicyclic) bond motifs is 1. The third kappa shape index (κ3) is 3.37. The molecule has 0 fully saturated rings. The van der Waals surface area contributed by atoms with E-state index in [9.17, 15) is 9.59 Å². The van der Waals surface area contributed by atoms with Gasteiger partial charge in [-0.25, -0.2) is 4.98 Å². The fraction of sp³-hybridized carbons (Fsp3) is 0.471. The van der Waals surface area contributed by atoms with Crippen LogP contribution in [0.4, 0.5) is 5.82 Å². The number of hydrogen-bond acceptors (Lipinski definition) is 4. The Hall–Kier alpha value is -1.95. The molecule has 0 spiro atoms. The molecule has 23 heavy (non-hydrogen) atoms. The largest absolute Gasteiger partial charge is 0.313 e. The van der Waals surface area contributed by atoms with Crippen molar-refractivity contribution < 1.29 is 4.79 Å². The van der Waals surface area contributed by atoms with Crippen molar-refractivity contribution in [1.82, 2.24) is 9.97 Å². The van der Waals surface area contributed by atoms with Crippen molar-refractivity contribution in [2.45, 2.75) is 46.0 Å². The monoisotopic (exact) mass is 331 g/mol. The third-order valence-corrected chi connectivity index (χ3v) is 5.28. The van der Waals surface area contributed by atoms with E-state index in [0.717, 1.165) is 19.3 Å². The van der Waals surface area contributed by atoms with Crippen LogP contribution >= 0.6 is 11.3 Å². The summed E-state index contributed by atoms with van der Waals surface area (Å²) in [7, 11) is 0. The zero-order valence-corrected chi connectivity index (χ0v) is 14.3. The van der Waals surface area contributed by atoms with Gasteiger partial charge in [-0.3, -0.25) is 14.5 Å². The molecule has 5 nitrogen and oxygen atoms in total. The molecule has 1 amide bonds. The van der Waals surface area contributed by atoms with E-state index >= 15 is 0 Å². The van der Waals surface area contributed by atoms with E-state index in [2.05, 4.69) is 29.9 Å². The molecule has 0 saturated carbocycles. The van der Waals surface area contributed by atoms with E-state index in [0.29, 0.717) is 30.8 Å². The number of nitrogens with one attached hydrogen (secondary N) is 1. The van der Waals surface area contributed by atoms with Gasteiger partial charge in [0.25, 0.3) is 5.56 Å². The maximum Gasteiger partial charge on any atom is 0.256 e. The lowest BCUT2D eigenvalue weighted by Gasteiger charge is -2.27. The topological polar surface area (TPSA) is 66.1 Å². The van der Waals surface area contributed by atoms with Gasteiger partial charge < -0.3 is 4.98 Å². The number of amides is 1. The lowest BCUT2D eigenvalue weighted by molar-refractivity contribution is -0.118. The highest BCUT2D eigenvalue weighted by Crippen LogP contribution is 2.24. The van der Waals surface area contributed by atoms with Gasteiger partial charge in [0.1, 0.15) is 5.82 Å². The molecular weight excluding hydrogens is 310 g/mol. The fourth-order valence-electron chi connectivity index (χ4n) is 3.14. The van der Waals surface area contributed by atoms with E-state index < -0.39 is 0 Å². The number of anilines is 1.